The second-order valence-corrected chi connectivity index (χ2v) is 4.68. The van der Waals surface area contributed by atoms with Gasteiger partial charge in [0.1, 0.15) is 0 Å². The van der Waals surface area contributed by atoms with Crippen LogP contribution < -0.4 is 0 Å². The van der Waals surface area contributed by atoms with Gasteiger partial charge < -0.3 is 0 Å². The zero-order valence-corrected chi connectivity index (χ0v) is 11.0. The summed E-state index contributed by atoms with van der Waals surface area (Å²) in [5.41, 5.74) is 2.30. The van der Waals surface area contributed by atoms with Crippen LogP contribution in [0.5, 0.6) is 0 Å². The van der Waals surface area contributed by atoms with Gasteiger partial charge in [0.15, 0.2) is 5.78 Å². The predicted octanol–water partition coefficient (Wildman–Crippen LogP) is 4.03. The number of carbonyl (C=O) groups is 1. The molecule has 0 unspecified atom stereocenters. The summed E-state index contributed by atoms with van der Waals surface area (Å²) in [7, 11) is 0. The number of benzene rings is 2. The average molecular weight is 270 g/mol. The van der Waals surface area contributed by atoms with Crippen LogP contribution in [0.25, 0.3) is 0 Å². The van der Waals surface area contributed by atoms with Crippen LogP contribution >= 0.6 is 11.6 Å². The number of hydrogen-bond donors (Lipinski definition) is 0. The standard InChI is InChI=1S/C16H12ClNO/c17-15-8-3-12(4-9-15)5-10-16(19)14-6-1-13(11-18)2-7-14/h1-4,6-9H,5,10H2. The highest BCUT2D eigenvalue weighted by molar-refractivity contribution is 6.30. The number of hydrogen-bond acceptors (Lipinski definition) is 2. The molecule has 0 aliphatic carbocycles. The topological polar surface area (TPSA) is 40.9 Å². The van der Waals surface area contributed by atoms with E-state index in [-0.39, 0.29) is 5.78 Å². The highest BCUT2D eigenvalue weighted by Gasteiger charge is 2.06. The first-order valence-electron chi connectivity index (χ1n) is 5.97. The summed E-state index contributed by atoms with van der Waals surface area (Å²) in [5.74, 6) is 0.0828. The Morgan fingerprint density at radius 2 is 1.68 bits per heavy atom. The van der Waals surface area contributed by atoms with Crippen LogP contribution in [0.2, 0.25) is 5.02 Å². The zero-order chi connectivity index (χ0) is 13.7. The Morgan fingerprint density at radius 1 is 1.05 bits per heavy atom. The van der Waals surface area contributed by atoms with Gasteiger partial charge in [0.2, 0.25) is 0 Å². The van der Waals surface area contributed by atoms with Crippen LogP contribution in [0.3, 0.4) is 0 Å². The molecule has 2 rings (SSSR count). The lowest BCUT2D eigenvalue weighted by molar-refractivity contribution is 0.0983. The molecule has 2 aromatic carbocycles. The first kappa shape index (κ1) is 13.3. The molecule has 0 N–H and O–H groups in total. The number of nitriles is 1. The van der Waals surface area contributed by atoms with Crippen molar-refractivity contribution in [2.75, 3.05) is 0 Å². The third kappa shape index (κ3) is 3.67. The maximum absolute atomic E-state index is 12.0. The smallest absolute Gasteiger partial charge is 0.163 e. The van der Waals surface area contributed by atoms with E-state index in [1.165, 1.54) is 0 Å². The molecule has 0 spiro atoms. The number of aryl methyl sites for hydroxylation is 1. The van der Waals surface area contributed by atoms with Crippen molar-refractivity contribution in [3.05, 3.63) is 70.2 Å². The van der Waals surface area contributed by atoms with Crippen molar-refractivity contribution >= 4 is 17.4 Å². The summed E-state index contributed by atoms with van der Waals surface area (Å²) in [6, 6.07) is 16.2. The number of carbonyl (C=O) groups excluding carboxylic acids is 1. The highest BCUT2D eigenvalue weighted by atomic mass is 35.5. The second-order valence-electron chi connectivity index (χ2n) is 4.24. The number of rotatable bonds is 4. The molecular weight excluding hydrogens is 258 g/mol. The Hall–Kier alpha value is -2.11. The molecule has 0 bridgehead atoms. The minimum atomic E-state index is 0.0828. The Morgan fingerprint density at radius 3 is 2.26 bits per heavy atom. The lowest BCUT2D eigenvalue weighted by Crippen LogP contribution is -2.01. The van der Waals surface area contributed by atoms with Crippen molar-refractivity contribution in [2.45, 2.75) is 12.8 Å². The number of ketones is 1. The van der Waals surface area contributed by atoms with E-state index in [0.717, 1.165) is 5.56 Å². The maximum atomic E-state index is 12.0. The Kier molecular flexibility index (Phi) is 4.33. The normalized spacial score (nSPS) is 9.89. The van der Waals surface area contributed by atoms with E-state index in [1.807, 2.05) is 30.3 Å². The highest BCUT2D eigenvalue weighted by Crippen LogP contribution is 2.13. The van der Waals surface area contributed by atoms with Gasteiger partial charge >= 0.3 is 0 Å². The van der Waals surface area contributed by atoms with E-state index < -0.39 is 0 Å². The van der Waals surface area contributed by atoms with Gasteiger partial charge in [-0.15, -0.1) is 0 Å². The number of nitrogens with zero attached hydrogens (tertiary/aromatic N) is 1. The Labute approximate surface area is 117 Å². The predicted molar refractivity (Wildman–Crippen MR) is 75.3 cm³/mol. The van der Waals surface area contributed by atoms with E-state index in [4.69, 9.17) is 16.9 Å². The van der Waals surface area contributed by atoms with Crippen molar-refractivity contribution in [3.8, 4) is 6.07 Å². The van der Waals surface area contributed by atoms with E-state index >= 15 is 0 Å². The van der Waals surface area contributed by atoms with Gasteiger partial charge in [0.05, 0.1) is 11.6 Å². The Balaban J connectivity index is 1.97. The van der Waals surface area contributed by atoms with E-state index in [0.29, 0.717) is 29.0 Å². The van der Waals surface area contributed by atoms with Gasteiger partial charge in [-0.05, 0) is 36.2 Å². The molecule has 19 heavy (non-hydrogen) atoms. The maximum Gasteiger partial charge on any atom is 0.163 e. The van der Waals surface area contributed by atoms with Crippen LogP contribution in [0.15, 0.2) is 48.5 Å². The summed E-state index contributed by atoms with van der Waals surface area (Å²) < 4.78 is 0. The molecule has 2 aromatic rings. The van der Waals surface area contributed by atoms with Crippen LogP contribution in [0.4, 0.5) is 0 Å². The molecule has 0 saturated heterocycles. The molecule has 0 radical (unpaired) electrons. The third-order valence-corrected chi connectivity index (χ3v) is 3.14. The summed E-state index contributed by atoms with van der Waals surface area (Å²) in [4.78, 5) is 12.0. The first-order chi connectivity index (χ1) is 9.19. The van der Waals surface area contributed by atoms with Gasteiger partial charge in [0, 0.05) is 17.0 Å². The molecule has 0 aliphatic rings. The van der Waals surface area contributed by atoms with Crippen molar-refractivity contribution in [1.29, 1.82) is 5.26 Å². The molecule has 0 aliphatic heterocycles. The number of Topliss-reactive ketones (excluding diaryl/α,β-unsaturated/α-hetero) is 1. The van der Waals surface area contributed by atoms with Gasteiger partial charge in [-0.2, -0.15) is 5.26 Å². The summed E-state index contributed by atoms with van der Waals surface area (Å²) in [6.45, 7) is 0. The minimum absolute atomic E-state index is 0.0828. The minimum Gasteiger partial charge on any atom is -0.294 e. The van der Waals surface area contributed by atoms with Crippen molar-refractivity contribution < 1.29 is 4.79 Å². The molecule has 0 heterocycles. The van der Waals surface area contributed by atoms with Gasteiger partial charge in [-0.25, -0.2) is 0 Å². The van der Waals surface area contributed by atoms with Gasteiger partial charge in [0.25, 0.3) is 0 Å². The monoisotopic (exact) mass is 269 g/mol. The first-order valence-corrected chi connectivity index (χ1v) is 6.34. The molecule has 2 nitrogen and oxygen atoms in total. The third-order valence-electron chi connectivity index (χ3n) is 2.89. The van der Waals surface area contributed by atoms with Gasteiger partial charge in [-0.3, -0.25) is 4.79 Å². The second kappa shape index (κ2) is 6.17. The van der Waals surface area contributed by atoms with E-state index in [1.54, 1.807) is 24.3 Å². The van der Waals surface area contributed by atoms with Crippen molar-refractivity contribution in [3.63, 3.8) is 0 Å². The van der Waals surface area contributed by atoms with Crippen molar-refractivity contribution in [1.82, 2.24) is 0 Å². The van der Waals surface area contributed by atoms with E-state index in [2.05, 4.69) is 0 Å². The molecule has 0 aromatic heterocycles. The zero-order valence-electron chi connectivity index (χ0n) is 10.3. The van der Waals surface area contributed by atoms with E-state index in [9.17, 15) is 4.79 Å². The quantitative estimate of drug-likeness (QED) is 0.787. The lowest BCUT2D eigenvalue weighted by Gasteiger charge is -2.02. The molecule has 0 fully saturated rings. The average Bonchev–Trinajstić information content (AvgIpc) is 2.46. The van der Waals surface area contributed by atoms with Crippen molar-refractivity contribution in [2.24, 2.45) is 0 Å². The van der Waals surface area contributed by atoms with Gasteiger partial charge in [-0.1, -0.05) is 35.9 Å². The molecule has 0 saturated carbocycles. The number of halogens is 1. The summed E-state index contributed by atoms with van der Waals surface area (Å²) >= 11 is 5.81. The fourth-order valence-electron chi connectivity index (χ4n) is 1.78. The summed E-state index contributed by atoms with van der Waals surface area (Å²) in [5, 5.41) is 9.39. The fourth-order valence-corrected chi connectivity index (χ4v) is 1.91. The fraction of sp³-hybridized carbons (Fsp3) is 0.125. The van der Waals surface area contributed by atoms with Crippen LogP contribution in [0.1, 0.15) is 27.9 Å². The largest absolute Gasteiger partial charge is 0.294 e. The SMILES string of the molecule is N#Cc1ccc(C(=O)CCc2ccc(Cl)cc2)cc1. The molecule has 0 amide bonds. The Bertz CT molecular complexity index is 609. The van der Waals surface area contributed by atoms with Crippen LogP contribution in [-0.4, -0.2) is 5.78 Å². The van der Waals surface area contributed by atoms with Crippen LogP contribution in [-0.2, 0) is 6.42 Å². The molecular formula is C16H12ClNO. The molecule has 94 valence electrons. The summed E-state index contributed by atoms with van der Waals surface area (Å²) in [6.07, 6.45) is 1.14. The lowest BCUT2D eigenvalue weighted by atomic mass is 10.0. The molecule has 0 atom stereocenters. The van der Waals surface area contributed by atoms with Crippen LogP contribution in [0, 0.1) is 11.3 Å². The molecule has 3 heteroatoms.